The van der Waals surface area contributed by atoms with Crippen molar-refractivity contribution in [2.75, 3.05) is 32.6 Å². The van der Waals surface area contributed by atoms with Crippen molar-refractivity contribution in [1.82, 2.24) is 9.88 Å². The smallest absolute Gasteiger partial charge is 0.309 e. The lowest BCUT2D eigenvalue weighted by atomic mass is 9.47. The molecule has 0 amide bonds. The predicted octanol–water partition coefficient (Wildman–Crippen LogP) is 5.30. The number of esters is 1. The zero-order chi connectivity index (χ0) is 33.2. The Kier molecular flexibility index (Phi) is 11.1. The van der Waals surface area contributed by atoms with Crippen molar-refractivity contribution in [1.29, 1.82) is 0 Å². The minimum atomic E-state index is -3.67. The molecule has 252 valence electrons. The van der Waals surface area contributed by atoms with E-state index in [9.17, 15) is 21.6 Å². The maximum atomic E-state index is 12.9. The highest BCUT2D eigenvalue weighted by molar-refractivity contribution is 7.85. The van der Waals surface area contributed by atoms with Gasteiger partial charge < -0.3 is 9.64 Å². The van der Waals surface area contributed by atoms with Gasteiger partial charge in [-0.15, -0.1) is 0 Å². The van der Waals surface area contributed by atoms with Crippen LogP contribution in [0.5, 0.6) is 0 Å². The molecule has 12 heteroatoms. The van der Waals surface area contributed by atoms with Gasteiger partial charge in [0.25, 0.3) is 20.2 Å². The minimum absolute atomic E-state index is 0.0642. The van der Waals surface area contributed by atoms with Crippen LogP contribution in [0.15, 0.2) is 42.3 Å². The fourth-order valence-corrected chi connectivity index (χ4v) is 8.77. The van der Waals surface area contributed by atoms with Gasteiger partial charge in [-0.2, -0.15) is 16.8 Å². The van der Waals surface area contributed by atoms with Gasteiger partial charge in [-0.3, -0.25) is 18.9 Å². The van der Waals surface area contributed by atoms with Gasteiger partial charge in [0.15, 0.2) is 0 Å². The van der Waals surface area contributed by atoms with E-state index in [2.05, 4.69) is 61.3 Å². The molecule has 1 aromatic heterocycles. The molecule has 2 N–H and O–H groups in total. The molecule has 5 aliphatic rings. The third kappa shape index (κ3) is 9.03. The number of piperidine rings is 1. The van der Waals surface area contributed by atoms with Crippen LogP contribution in [0.3, 0.4) is 0 Å². The molecule has 0 bridgehead atoms. The van der Waals surface area contributed by atoms with Crippen molar-refractivity contribution in [3.8, 4) is 0 Å². The van der Waals surface area contributed by atoms with Gasteiger partial charge in [0.2, 0.25) is 0 Å². The lowest BCUT2D eigenvalue weighted by Gasteiger charge is -2.58. The van der Waals surface area contributed by atoms with Crippen molar-refractivity contribution < 1.29 is 35.5 Å². The first-order valence-corrected chi connectivity index (χ1v) is 19.6. The lowest BCUT2D eigenvalue weighted by Crippen LogP contribution is -2.50. The number of hydrogen-bond acceptors (Lipinski definition) is 8. The first-order valence-electron chi connectivity index (χ1n) is 15.9. The summed E-state index contributed by atoms with van der Waals surface area (Å²) in [6, 6.07) is 4.32. The van der Waals surface area contributed by atoms with Gasteiger partial charge in [-0.05, 0) is 117 Å². The summed E-state index contributed by atoms with van der Waals surface area (Å²) in [7, 11) is -5.19. The van der Waals surface area contributed by atoms with E-state index in [4.69, 9.17) is 13.8 Å². The molecule has 6 rings (SSSR count). The molecular formula is C33H50N2O8S2. The number of carbonyl (C=O) groups is 1. The second-order valence-corrected chi connectivity index (χ2v) is 17.1. The molecule has 3 fully saturated rings. The summed E-state index contributed by atoms with van der Waals surface area (Å²) in [5.41, 5.74) is 5.00. The highest BCUT2D eigenvalue weighted by Gasteiger charge is 2.57. The molecule has 1 aromatic rings. The average molecular weight is 667 g/mol. The molecule has 1 saturated heterocycles. The zero-order valence-electron chi connectivity index (χ0n) is 27.2. The zero-order valence-corrected chi connectivity index (χ0v) is 28.8. The van der Waals surface area contributed by atoms with Crippen LogP contribution in [0, 0.1) is 34.5 Å². The van der Waals surface area contributed by atoms with Gasteiger partial charge >= 0.3 is 5.97 Å². The average Bonchev–Trinajstić information content (AvgIpc) is 3.29. The summed E-state index contributed by atoms with van der Waals surface area (Å²) in [5, 5.41) is 0. The molecule has 6 atom stereocenters. The van der Waals surface area contributed by atoms with Crippen molar-refractivity contribution in [3.63, 3.8) is 0 Å². The summed E-state index contributed by atoms with van der Waals surface area (Å²) < 4.78 is 57.9. The molecule has 2 heterocycles. The van der Waals surface area contributed by atoms with Crippen LogP contribution in [0.1, 0.15) is 77.2 Å². The van der Waals surface area contributed by atoms with E-state index in [1.807, 2.05) is 6.20 Å². The number of carbonyl (C=O) groups excluding carboxylic acids is 1. The monoisotopic (exact) mass is 666 g/mol. The molecular weight excluding hydrogens is 617 g/mol. The number of pyridine rings is 1. The summed E-state index contributed by atoms with van der Waals surface area (Å²) >= 11 is 0. The molecule has 10 nitrogen and oxygen atoms in total. The first kappa shape index (κ1) is 35.7. The van der Waals surface area contributed by atoms with Gasteiger partial charge in [-0.25, -0.2) is 0 Å². The molecule has 2 saturated carbocycles. The maximum Gasteiger partial charge on any atom is 0.309 e. The van der Waals surface area contributed by atoms with E-state index >= 15 is 0 Å². The van der Waals surface area contributed by atoms with Crippen molar-refractivity contribution in [2.45, 2.75) is 77.7 Å². The standard InChI is InChI=1S/C31H42N2O2.2CH4O3S/c1-30-14-10-24(35-29(34)21-12-17-33(3)18-13-21)19-23(30)6-7-25-27-9-8-26(22-5-4-16-32-20-22)31(27,2)15-11-28(25)30;2*1-5(2,3)4/h4-6,8,16,20-21,24-25,27-28H,7,9-15,17-19H2,1-3H3;2*1H3,(H,2,3,4)/t24-,25-,27-,28-,30-,31+;;/m0../s1. The van der Waals surface area contributed by atoms with E-state index in [1.54, 1.807) is 11.1 Å². The van der Waals surface area contributed by atoms with E-state index < -0.39 is 20.2 Å². The Morgan fingerprint density at radius 2 is 1.56 bits per heavy atom. The van der Waals surface area contributed by atoms with Crippen LogP contribution in [0.25, 0.3) is 5.57 Å². The lowest BCUT2D eigenvalue weighted by molar-refractivity contribution is -0.157. The Hall–Kier alpha value is -2.12. The summed E-state index contributed by atoms with van der Waals surface area (Å²) in [6.07, 6.45) is 20.6. The number of likely N-dealkylation sites (tertiary alicyclic amines) is 1. The number of aromatic nitrogens is 1. The Morgan fingerprint density at radius 3 is 2.16 bits per heavy atom. The number of rotatable bonds is 3. The molecule has 0 radical (unpaired) electrons. The van der Waals surface area contributed by atoms with Gasteiger partial charge in [0, 0.05) is 18.8 Å². The largest absolute Gasteiger partial charge is 0.462 e. The molecule has 1 aliphatic heterocycles. The normalized spacial score (nSPS) is 33.4. The third-order valence-electron chi connectivity index (χ3n) is 10.9. The predicted molar refractivity (Wildman–Crippen MR) is 174 cm³/mol. The van der Waals surface area contributed by atoms with Crippen LogP contribution in [-0.2, 0) is 29.8 Å². The van der Waals surface area contributed by atoms with Crippen LogP contribution in [0.4, 0.5) is 0 Å². The second-order valence-electron chi connectivity index (χ2n) is 14.2. The van der Waals surface area contributed by atoms with Gasteiger partial charge in [0.05, 0.1) is 18.4 Å². The molecule has 0 spiro atoms. The molecule has 0 aromatic carbocycles. The summed E-state index contributed by atoms with van der Waals surface area (Å²) in [6.45, 7) is 7.08. The van der Waals surface area contributed by atoms with Crippen LogP contribution in [0.2, 0.25) is 0 Å². The van der Waals surface area contributed by atoms with Gasteiger partial charge in [0.1, 0.15) is 6.10 Å². The number of hydrogen-bond donors (Lipinski definition) is 2. The summed E-state index contributed by atoms with van der Waals surface area (Å²) in [4.78, 5) is 19.6. The third-order valence-corrected chi connectivity index (χ3v) is 10.9. The second kappa shape index (κ2) is 13.9. The molecule has 4 aliphatic carbocycles. The topological polar surface area (TPSA) is 151 Å². The van der Waals surface area contributed by atoms with Crippen molar-refractivity contribution in [3.05, 3.63) is 47.8 Å². The highest BCUT2D eigenvalue weighted by Crippen LogP contribution is 2.66. The Morgan fingerprint density at radius 1 is 0.933 bits per heavy atom. The van der Waals surface area contributed by atoms with Crippen LogP contribution in [-0.4, -0.2) is 80.5 Å². The Bertz CT molecular complexity index is 1440. The van der Waals surface area contributed by atoms with E-state index in [-0.39, 0.29) is 28.8 Å². The maximum absolute atomic E-state index is 12.9. The van der Waals surface area contributed by atoms with Crippen molar-refractivity contribution in [2.24, 2.45) is 34.5 Å². The SMILES string of the molecule is CN1CCC(C(=O)O[C@H]2CC[C@@]3(C)C(=CC[C@@H]4[C@@H]3CC[C@]3(C)C(c5cccnc5)=CC[C@@H]43)C2)CC1.CS(=O)(=O)O.CS(=O)(=O)O. The van der Waals surface area contributed by atoms with E-state index in [0.29, 0.717) is 12.5 Å². The highest BCUT2D eigenvalue weighted by atomic mass is 32.2. The van der Waals surface area contributed by atoms with E-state index in [1.165, 1.54) is 31.2 Å². The van der Waals surface area contributed by atoms with E-state index in [0.717, 1.165) is 62.9 Å². The number of ether oxygens (including phenoxy) is 1. The van der Waals surface area contributed by atoms with Crippen LogP contribution < -0.4 is 0 Å². The Balaban J connectivity index is 0.000000403. The first-order chi connectivity index (χ1) is 20.9. The summed E-state index contributed by atoms with van der Waals surface area (Å²) in [5.74, 6) is 2.41. The number of allylic oxidation sites excluding steroid dienone is 3. The minimum Gasteiger partial charge on any atom is -0.462 e. The molecule has 0 unspecified atom stereocenters. The molecule has 45 heavy (non-hydrogen) atoms. The van der Waals surface area contributed by atoms with Crippen LogP contribution >= 0.6 is 0 Å². The quantitative estimate of drug-likeness (QED) is 0.247. The number of nitrogens with zero attached hydrogens (tertiary/aromatic N) is 2. The van der Waals surface area contributed by atoms with Crippen molar-refractivity contribution >= 4 is 31.8 Å². The Labute approximate surface area is 269 Å². The fraction of sp³-hybridized carbons (Fsp3) is 0.697. The number of fused-ring (bicyclic) bond motifs is 5. The van der Waals surface area contributed by atoms with Gasteiger partial charge in [-0.1, -0.05) is 37.6 Å². The fourth-order valence-electron chi connectivity index (χ4n) is 8.77.